The zero-order valence-electron chi connectivity index (χ0n) is 14.6. The maximum atomic E-state index is 12.1. The summed E-state index contributed by atoms with van der Waals surface area (Å²) in [5.41, 5.74) is 0.604. The van der Waals surface area contributed by atoms with Crippen LogP contribution in [0.2, 0.25) is 0 Å². The number of hydrogen-bond acceptors (Lipinski definition) is 5. The van der Waals surface area contributed by atoms with Crippen molar-refractivity contribution in [3.63, 3.8) is 0 Å². The quantitative estimate of drug-likeness (QED) is 0.488. The molecule has 0 aromatic heterocycles. The highest BCUT2D eigenvalue weighted by atomic mass is 35.5. The molecule has 1 heterocycles. The largest absolute Gasteiger partial charge is 0.497 e. The Balaban J connectivity index is 1.79. The van der Waals surface area contributed by atoms with Gasteiger partial charge in [0.1, 0.15) is 5.75 Å². The number of ether oxygens (including phenoxy) is 1. The first kappa shape index (κ1) is 20.5. The van der Waals surface area contributed by atoms with E-state index in [-0.39, 0.29) is 36.4 Å². The van der Waals surface area contributed by atoms with E-state index in [0.29, 0.717) is 16.3 Å². The Kier molecular flexibility index (Phi) is 6.85. The first-order valence-corrected chi connectivity index (χ1v) is 10.3. The van der Waals surface area contributed by atoms with Crippen LogP contribution in [0.4, 0.5) is 5.69 Å². The van der Waals surface area contributed by atoms with Gasteiger partial charge in [-0.1, -0.05) is 6.07 Å². The maximum absolute atomic E-state index is 12.1. The average Bonchev–Trinajstić information content (AvgIpc) is 2.78. The molecule has 0 saturated carbocycles. The molecule has 0 spiro atoms. The molecule has 1 aromatic rings. The Morgan fingerprint density at radius 2 is 1.96 bits per heavy atom. The lowest BCUT2D eigenvalue weighted by Gasteiger charge is -2.17. The summed E-state index contributed by atoms with van der Waals surface area (Å²) in [4.78, 5) is 24.8. The van der Waals surface area contributed by atoms with E-state index < -0.39 is 21.3 Å². The van der Waals surface area contributed by atoms with Gasteiger partial charge in [0.05, 0.1) is 37.1 Å². The predicted octanol–water partition coefficient (Wildman–Crippen LogP) is -1.33. The standard InChI is InChI=1S/C16H22ClN3O5S/c1-20(7-15(21)18-11-4-3-5-12(6-11)25-2)8-16(22)19-14-10-26(23,24)9-13(14)17/h3-6,13-14H,7-10H2,1-2H3,(H,18,21)(H,19,22)/p+1/t13-,14+/m0/s1. The molecule has 8 nitrogen and oxygen atoms in total. The van der Waals surface area contributed by atoms with Crippen LogP contribution in [0, 0.1) is 0 Å². The summed E-state index contributed by atoms with van der Waals surface area (Å²) in [5.74, 6) is -0.246. The van der Waals surface area contributed by atoms with Gasteiger partial charge in [0.25, 0.3) is 11.8 Å². The molecule has 3 atom stereocenters. The highest BCUT2D eigenvalue weighted by Crippen LogP contribution is 2.18. The fourth-order valence-corrected chi connectivity index (χ4v) is 5.26. The smallest absolute Gasteiger partial charge is 0.279 e. The molecule has 1 saturated heterocycles. The molecule has 1 aromatic carbocycles. The molecule has 26 heavy (non-hydrogen) atoms. The molecule has 2 rings (SSSR count). The second kappa shape index (κ2) is 8.70. The second-order valence-corrected chi connectivity index (χ2v) is 9.07. The molecule has 0 radical (unpaired) electrons. The number of quaternary nitrogens is 1. The molecule has 1 aliphatic rings. The minimum Gasteiger partial charge on any atom is -0.497 e. The number of nitrogens with one attached hydrogen (secondary N) is 3. The minimum atomic E-state index is -3.21. The van der Waals surface area contributed by atoms with Gasteiger partial charge in [-0.15, -0.1) is 11.6 Å². The second-order valence-electron chi connectivity index (χ2n) is 6.36. The molecule has 1 unspecified atom stereocenters. The van der Waals surface area contributed by atoms with Gasteiger partial charge in [0.2, 0.25) is 0 Å². The summed E-state index contributed by atoms with van der Waals surface area (Å²) < 4.78 is 28.1. The van der Waals surface area contributed by atoms with Crippen LogP contribution in [0.1, 0.15) is 0 Å². The van der Waals surface area contributed by atoms with Gasteiger partial charge >= 0.3 is 0 Å². The summed E-state index contributed by atoms with van der Waals surface area (Å²) in [6.45, 7) is 0.115. The van der Waals surface area contributed by atoms with Crippen LogP contribution in [-0.2, 0) is 19.4 Å². The number of sulfone groups is 1. The number of benzene rings is 1. The van der Waals surface area contributed by atoms with Crippen LogP contribution in [0.15, 0.2) is 24.3 Å². The first-order chi connectivity index (χ1) is 12.2. The molecule has 144 valence electrons. The predicted molar refractivity (Wildman–Crippen MR) is 98.5 cm³/mol. The van der Waals surface area contributed by atoms with Crippen LogP contribution in [0.3, 0.4) is 0 Å². The highest BCUT2D eigenvalue weighted by Gasteiger charge is 2.37. The molecule has 1 aliphatic heterocycles. The molecule has 1 fully saturated rings. The van der Waals surface area contributed by atoms with E-state index in [1.807, 2.05) is 0 Å². The van der Waals surface area contributed by atoms with E-state index in [4.69, 9.17) is 16.3 Å². The van der Waals surface area contributed by atoms with Crippen molar-refractivity contribution in [3.05, 3.63) is 24.3 Å². The fourth-order valence-electron chi connectivity index (χ4n) is 2.71. The molecule has 0 bridgehead atoms. The summed E-state index contributed by atoms with van der Waals surface area (Å²) in [7, 11) is 0.0369. The molecular weight excluding hydrogens is 382 g/mol. The summed E-state index contributed by atoms with van der Waals surface area (Å²) in [6.07, 6.45) is 0. The van der Waals surface area contributed by atoms with Gasteiger partial charge in [0, 0.05) is 11.8 Å². The lowest BCUT2D eigenvalue weighted by molar-refractivity contribution is -0.862. The molecular formula is C16H23ClN3O5S+. The van der Waals surface area contributed by atoms with Crippen molar-refractivity contribution in [1.29, 1.82) is 0 Å². The number of rotatable bonds is 7. The summed E-state index contributed by atoms with van der Waals surface area (Å²) in [6, 6.07) is 6.37. The number of halogens is 1. The topological polar surface area (TPSA) is 106 Å². The van der Waals surface area contributed by atoms with E-state index in [0.717, 1.165) is 0 Å². The lowest BCUT2D eigenvalue weighted by Crippen LogP contribution is -3.11. The zero-order chi connectivity index (χ0) is 19.3. The third kappa shape index (κ3) is 6.15. The molecule has 10 heteroatoms. The molecule has 0 aliphatic carbocycles. The fraction of sp³-hybridized carbons (Fsp3) is 0.500. The molecule has 3 N–H and O–H groups in total. The Morgan fingerprint density at radius 3 is 2.58 bits per heavy atom. The lowest BCUT2D eigenvalue weighted by atomic mass is 10.2. The van der Waals surface area contributed by atoms with Crippen molar-refractivity contribution in [2.45, 2.75) is 11.4 Å². The van der Waals surface area contributed by atoms with Gasteiger partial charge in [0.15, 0.2) is 22.9 Å². The number of anilines is 1. The van der Waals surface area contributed by atoms with E-state index in [9.17, 15) is 18.0 Å². The van der Waals surface area contributed by atoms with Crippen LogP contribution in [-0.4, -0.2) is 70.4 Å². The van der Waals surface area contributed by atoms with Gasteiger partial charge in [-0.25, -0.2) is 8.42 Å². The number of amides is 2. The summed E-state index contributed by atoms with van der Waals surface area (Å²) >= 11 is 5.97. The summed E-state index contributed by atoms with van der Waals surface area (Å²) in [5, 5.41) is 4.75. The third-order valence-electron chi connectivity index (χ3n) is 3.91. The first-order valence-electron chi connectivity index (χ1n) is 8.07. The average molecular weight is 405 g/mol. The van der Waals surface area contributed by atoms with Crippen LogP contribution in [0.5, 0.6) is 5.75 Å². The molecule has 2 amide bonds. The number of carbonyl (C=O) groups is 2. The maximum Gasteiger partial charge on any atom is 0.279 e. The van der Waals surface area contributed by atoms with E-state index in [1.165, 1.54) is 0 Å². The van der Waals surface area contributed by atoms with Crippen LogP contribution >= 0.6 is 11.6 Å². The Hall–Kier alpha value is -1.84. The minimum absolute atomic E-state index is 0.0334. The number of likely N-dealkylation sites (N-methyl/N-ethyl adjacent to an activating group) is 1. The van der Waals surface area contributed by atoms with Crippen LogP contribution in [0.25, 0.3) is 0 Å². The van der Waals surface area contributed by atoms with Gasteiger partial charge in [-0.3, -0.25) is 9.59 Å². The highest BCUT2D eigenvalue weighted by molar-refractivity contribution is 7.91. The Morgan fingerprint density at radius 1 is 1.27 bits per heavy atom. The van der Waals surface area contributed by atoms with Gasteiger partial charge in [-0.2, -0.15) is 0 Å². The Labute approximate surface area is 157 Å². The number of methoxy groups -OCH3 is 1. The van der Waals surface area contributed by atoms with Crippen molar-refractivity contribution in [2.24, 2.45) is 0 Å². The van der Waals surface area contributed by atoms with Crippen molar-refractivity contribution in [3.8, 4) is 5.75 Å². The van der Waals surface area contributed by atoms with Crippen molar-refractivity contribution >= 4 is 38.9 Å². The number of hydrogen-bond donors (Lipinski definition) is 3. The van der Waals surface area contributed by atoms with E-state index in [1.54, 1.807) is 38.4 Å². The SMILES string of the molecule is COc1cccc(NC(=O)C[NH+](C)CC(=O)N[C@@H]2CS(=O)(=O)C[C@@H]2Cl)c1. The number of alkyl halides is 1. The zero-order valence-corrected chi connectivity index (χ0v) is 16.2. The van der Waals surface area contributed by atoms with Gasteiger partial charge < -0.3 is 20.3 Å². The normalized spacial score (nSPS) is 22.4. The van der Waals surface area contributed by atoms with Gasteiger partial charge in [-0.05, 0) is 12.1 Å². The Bertz CT molecular complexity index is 771. The monoisotopic (exact) mass is 404 g/mol. The number of carbonyl (C=O) groups excluding carboxylic acids is 2. The van der Waals surface area contributed by atoms with E-state index in [2.05, 4.69) is 10.6 Å². The van der Waals surface area contributed by atoms with Crippen LogP contribution < -0.4 is 20.3 Å². The van der Waals surface area contributed by atoms with Crippen molar-refractivity contribution in [1.82, 2.24) is 5.32 Å². The van der Waals surface area contributed by atoms with E-state index >= 15 is 0 Å². The third-order valence-corrected chi connectivity index (χ3v) is 6.28. The van der Waals surface area contributed by atoms with Crippen molar-refractivity contribution in [2.75, 3.05) is 44.1 Å². The van der Waals surface area contributed by atoms with Crippen molar-refractivity contribution < 1.29 is 27.6 Å².